The van der Waals surface area contributed by atoms with Crippen LogP contribution in [0.2, 0.25) is 0 Å². The van der Waals surface area contributed by atoms with Crippen LogP contribution >= 0.6 is 0 Å². The van der Waals surface area contributed by atoms with Crippen LogP contribution in [0.5, 0.6) is 0 Å². The molecule has 1 aliphatic heterocycles. The molecule has 0 unspecified atom stereocenters. The molecule has 4 heteroatoms. The highest BCUT2D eigenvalue weighted by Crippen LogP contribution is 2.57. The Morgan fingerprint density at radius 1 is 1.14 bits per heavy atom. The second kappa shape index (κ2) is 6.62. The summed E-state index contributed by atoms with van der Waals surface area (Å²) in [6.07, 6.45) is 9.40. The summed E-state index contributed by atoms with van der Waals surface area (Å²) in [6.45, 7) is 3.01. The maximum absolute atomic E-state index is 13.1. The molecule has 1 fully saturated rings. The minimum absolute atomic E-state index is 0.249. The highest BCUT2D eigenvalue weighted by atomic mass is 16.2. The summed E-state index contributed by atoms with van der Waals surface area (Å²) < 4.78 is 0. The molecule has 1 spiro atoms. The van der Waals surface area contributed by atoms with E-state index >= 15 is 0 Å². The first-order valence-corrected chi connectivity index (χ1v) is 10.3. The van der Waals surface area contributed by atoms with Crippen molar-refractivity contribution < 1.29 is 4.79 Å². The summed E-state index contributed by atoms with van der Waals surface area (Å²) in [5.41, 5.74) is 5.12. The van der Waals surface area contributed by atoms with Crippen LogP contribution in [0.25, 0.3) is 23.2 Å². The van der Waals surface area contributed by atoms with Crippen molar-refractivity contribution in [3.63, 3.8) is 0 Å². The Labute approximate surface area is 165 Å². The maximum Gasteiger partial charge on any atom is 0.237 e. The van der Waals surface area contributed by atoms with Crippen molar-refractivity contribution in [1.82, 2.24) is 9.97 Å². The molecular weight excluding hydrogens is 346 g/mol. The number of imidazole rings is 1. The number of nitrogens with one attached hydrogen (secondary N) is 1. The molecule has 0 bridgehead atoms. The van der Waals surface area contributed by atoms with E-state index < -0.39 is 0 Å². The molecule has 2 aliphatic rings. The Kier molecular flexibility index (Phi) is 4.08. The molecule has 1 saturated carbocycles. The van der Waals surface area contributed by atoms with Gasteiger partial charge in [0.2, 0.25) is 5.91 Å². The fraction of sp³-hybridized carbons (Fsp3) is 0.333. The first-order valence-electron chi connectivity index (χ1n) is 10.3. The number of anilines is 1. The zero-order valence-corrected chi connectivity index (χ0v) is 16.2. The smallest absolute Gasteiger partial charge is 0.237 e. The largest absolute Gasteiger partial charge is 0.338 e. The van der Waals surface area contributed by atoms with Crippen LogP contribution < -0.4 is 4.90 Å². The summed E-state index contributed by atoms with van der Waals surface area (Å²) in [6, 6.07) is 14.5. The second-order valence-electron chi connectivity index (χ2n) is 8.00. The number of aromatic nitrogens is 2. The monoisotopic (exact) mass is 371 g/mol. The van der Waals surface area contributed by atoms with Crippen LogP contribution in [0, 0.1) is 0 Å². The third-order valence-corrected chi connectivity index (χ3v) is 6.05. The molecule has 1 amide bonds. The zero-order valence-electron chi connectivity index (χ0n) is 16.2. The lowest BCUT2D eigenvalue weighted by atomic mass is 9.97. The average Bonchev–Trinajstić information content (AvgIpc) is 3.38. The molecule has 1 N–H and O–H groups in total. The third-order valence-electron chi connectivity index (χ3n) is 6.05. The van der Waals surface area contributed by atoms with Crippen LogP contribution in [-0.2, 0) is 10.2 Å². The lowest BCUT2D eigenvalue weighted by Crippen LogP contribution is -2.32. The number of benzene rings is 2. The van der Waals surface area contributed by atoms with E-state index in [2.05, 4.69) is 42.2 Å². The first kappa shape index (κ1) is 17.2. The van der Waals surface area contributed by atoms with Gasteiger partial charge in [0.25, 0.3) is 0 Å². The average molecular weight is 371 g/mol. The van der Waals surface area contributed by atoms with Gasteiger partial charge in [0.1, 0.15) is 5.82 Å². The van der Waals surface area contributed by atoms with Crippen molar-refractivity contribution in [2.75, 3.05) is 11.4 Å². The molecule has 1 aromatic heterocycles. The van der Waals surface area contributed by atoms with Crippen LogP contribution in [0.4, 0.5) is 5.69 Å². The SMILES string of the molecule is CCCCCN1C(=O)C2(CC2)c2cc3[nH]c(/C=C/c4ccccc4)nc3cc21. The number of unbranched alkanes of at least 4 members (excludes halogenated alkanes) is 2. The number of nitrogens with zero attached hydrogens (tertiary/aromatic N) is 2. The van der Waals surface area contributed by atoms with Gasteiger partial charge in [0, 0.05) is 6.54 Å². The molecule has 1 aliphatic carbocycles. The Balaban J connectivity index is 1.49. The van der Waals surface area contributed by atoms with E-state index in [0.29, 0.717) is 5.91 Å². The fourth-order valence-corrected chi connectivity index (χ4v) is 4.32. The van der Waals surface area contributed by atoms with E-state index in [-0.39, 0.29) is 5.41 Å². The van der Waals surface area contributed by atoms with Gasteiger partial charge in [-0.15, -0.1) is 0 Å². The van der Waals surface area contributed by atoms with Gasteiger partial charge >= 0.3 is 0 Å². The van der Waals surface area contributed by atoms with Gasteiger partial charge in [-0.3, -0.25) is 4.79 Å². The minimum atomic E-state index is -0.249. The Morgan fingerprint density at radius 2 is 1.96 bits per heavy atom. The van der Waals surface area contributed by atoms with Crippen LogP contribution in [0.15, 0.2) is 42.5 Å². The molecule has 142 valence electrons. The van der Waals surface area contributed by atoms with E-state index in [1.54, 1.807) is 0 Å². The van der Waals surface area contributed by atoms with E-state index in [9.17, 15) is 4.79 Å². The number of hydrogen-bond donors (Lipinski definition) is 1. The number of aromatic amines is 1. The number of rotatable bonds is 6. The highest BCUT2D eigenvalue weighted by Gasteiger charge is 2.59. The summed E-state index contributed by atoms with van der Waals surface area (Å²) >= 11 is 0. The van der Waals surface area contributed by atoms with Gasteiger partial charge in [-0.05, 0) is 48.6 Å². The summed E-state index contributed by atoms with van der Waals surface area (Å²) in [5, 5.41) is 0. The predicted molar refractivity (Wildman–Crippen MR) is 114 cm³/mol. The second-order valence-corrected chi connectivity index (χ2v) is 8.00. The molecule has 5 rings (SSSR count). The maximum atomic E-state index is 13.1. The van der Waals surface area contributed by atoms with Gasteiger partial charge in [-0.1, -0.05) is 56.2 Å². The number of carbonyl (C=O) groups excluding carboxylic acids is 1. The van der Waals surface area contributed by atoms with Crippen molar-refractivity contribution >= 4 is 34.8 Å². The summed E-state index contributed by atoms with van der Waals surface area (Å²) in [4.78, 5) is 23.2. The van der Waals surface area contributed by atoms with E-state index in [4.69, 9.17) is 4.98 Å². The number of H-pyrrole nitrogens is 1. The highest BCUT2D eigenvalue weighted by molar-refractivity contribution is 6.11. The van der Waals surface area contributed by atoms with Crippen molar-refractivity contribution in [2.45, 2.75) is 44.4 Å². The third kappa shape index (κ3) is 2.75. The lowest BCUT2D eigenvalue weighted by Gasteiger charge is -2.17. The topological polar surface area (TPSA) is 49.0 Å². The first-order chi connectivity index (χ1) is 13.7. The van der Waals surface area contributed by atoms with Crippen LogP contribution in [-0.4, -0.2) is 22.4 Å². The molecule has 4 nitrogen and oxygen atoms in total. The molecule has 2 aromatic carbocycles. The van der Waals surface area contributed by atoms with Crippen LogP contribution in [0.3, 0.4) is 0 Å². The van der Waals surface area contributed by atoms with Crippen molar-refractivity contribution in [3.8, 4) is 0 Å². The fourth-order valence-electron chi connectivity index (χ4n) is 4.32. The van der Waals surface area contributed by atoms with Crippen molar-refractivity contribution in [2.24, 2.45) is 0 Å². The van der Waals surface area contributed by atoms with Crippen molar-refractivity contribution in [3.05, 3.63) is 59.4 Å². The molecule has 0 saturated heterocycles. The van der Waals surface area contributed by atoms with E-state index in [0.717, 1.165) is 66.8 Å². The van der Waals surface area contributed by atoms with Gasteiger partial charge in [0.15, 0.2) is 0 Å². The van der Waals surface area contributed by atoms with Gasteiger partial charge < -0.3 is 9.88 Å². The summed E-state index contributed by atoms with van der Waals surface area (Å²) in [5.74, 6) is 1.15. The molecule has 0 atom stereocenters. The Morgan fingerprint density at radius 3 is 2.71 bits per heavy atom. The quantitative estimate of drug-likeness (QED) is 0.598. The number of carbonyl (C=O) groups is 1. The Hall–Kier alpha value is -2.88. The number of fused-ring (bicyclic) bond motifs is 3. The number of hydrogen-bond acceptors (Lipinski definition) is 2. The molecular formula is C24H25N3O. The van der Waals surface area contributed by atoms with Gasteiger partial charge in [-0.2, -0.15) is 0 Å². The number of amides is 1. The Bertz CT molecular complexity index is 1060. The standard InChI is InChI=1S/C24H25N3O/c1-2-3-7-14-27-21-16-20-19(15-18(21)24(12-13-24)23(27)28)25-22(26-20)11-10-17-8-5-4-6-9-17/h4-6,8-11,15-16H,2-3,7,12-14H2,1H3,(H,25,26)/b11-10+. The van der Waals surface area contributed by atoms with Crippen molar-refractivity contribution in [1.29, 1.82) is 0 Å². The van der Waals surface area contributed by atoms with E-state index in [1.165, 1.54) is 5.56 Å². The van der Waals surface area contributed by atoms with Gasteiger partial charge in [0.05, 0.1) is 22.1 Å². The molecule has 0 radical (unpaired) electrons. The minimum Gasteiger partial charge on any atom is -0.338 e. The van der Waals surface area contributed by atoms with Gasteiger partial charge in [-0.25, -0.2) is 4.98 Å². The molecule has 28 heavy (non-hydrogen) atoms. The molecule has 2 heterocycles. The van der Waals surface area contributed by atoms with E-state index in [1.807, 2.05) is 29.2 Å². The zero-order chi connectivity index (χ0) is 19.1. The lowest BCUT2D eigenvalue weighted by molar-refractivity contribution is -0.120. The molecule has 3 aromatic rings. The normalized spacial score (nSPS) is 17.2. The van der Waals surface area contributed by atoms with Crippen LogP contribution in [0.1, 0.15) is 56.0 Å². The summed E-state index contributed by atoms with van der Waals surface area (Å²) in [7, 11) is 0. The predicted octanol–water partition coefficient (Wildman–Crippen LogP) is 5.30.